The molecule has 0 aromatic rings. The Morgan fingerprint density at radius 3 is 2.53 bits per heavy atom. The predicted octanol–water partition coefficient (Wildman–Crippen LogP) is 2.45. The molecule has 0 amide bonds. The average Bonchev–Trinajstić information content (AvgIpc) is 3.12. The molecular formula is C14H28N2S. The monoisotopic (exact) mass is 256 g/mol. The molecule has 1 saturated heterocycles. The summed E-state index contributed by atoms with van der Waals surface area (Å²) in [6.45, 7) is 10.8. The van der Waals surface area contributed by atoms with Crippen LogP contribution in [-0.2, 0) is 0 Å². The average molecular weight is 256 g/mol. The van der Waals surface area contributed by atoms with Gasteiger partial charge in [-0.3, -0.25) is 4.90 Å². The first kappa shape index (κ1) is 13.7. The fraction of sp³-hybridized carbons (Fsp3) is 1.00. The summed E-state index contributed by atoms with van der Waals surface area (Å²) in [5.74, 6) is 1.74. The molecule has 1 aliphatic carbocycles. The van der Waals surface area contributed by atoms with Crippen molar-refractivity contribution in [1.82, 2.24) is 10.2 Å². The minimum absolute atomic E-state index is 0.736. The summed E-state index contributed by atoms with van der Waals surface area (Å²) in [6, 6.07) is 1.51. The molecule has 1 aliphatic heterocycles. The van der Waals surface area contributed by atoms with Gasteiger partial charge >= 0.3 is 0 Å². The number of hydrogen-bond acceptors (Lipinski definition) is 3. The molecular weight excluding hydrogens is 228 g/mol. The summed E-state index contributed by atoms with van der Waals surface area (Å²) >= 11 is 2.00. The number of rotatable bonds is 5. The molecule has 3 atom stereocenters. The van der Waals surface area contributed by atoms with Crippen LogP contribution >= 0.6 is 11.8 Å². The number of nitrogens with one attached hydrogen (secondary N) is 1. The van der Waals surface area contributed by atoms with E-state index in [1.54, 1.807) is 0 Å². The summed E-state index contributed by atoms with van der Waals surface area (Å²) < 4.78 is 0. The van der Waals surface area contributed by atoms with Crippen LogP contribution in [0.2, 0.25) is 0 Å². The highest BCUT2D eigenvalue weighted by Gasteiger charge is 2.38. The second-order valence-electron chi connectivity index (χ2n) is 6.16. The van der Waals surface area contributed by atoms with E-state index < -0.39 is 0 Å². The largest absolute Gasteiger partial charge is 0.311 e. The molecule has 100 valence electrons. The molecule has 2 nitrogen and oxygen atoms in total. The van der Waals surface area contributed by atoms with Crippen molar-refractivity contribution in [3.05, 3.63) is 0 Å². The van der Waals surface area contributed by atoms with Gasteiger partial charge in [-0.05, 0) is 30.9 Å². The number of nitrogens with zero attached hydrogens (tertiary/aromatic N) is 1. The fourth-order valence-electron chi connectivity index (χ4n) is 2.94. The van der Waals surface area contributed by atoms with E-state index in [0.29, 0.717) is 0 Å². The Balaban J connectivity index is 1.93. The van der Waals surface area contributed by atoms with E-state index in [-0.39, 0.29) is 0 Å². The molecule has 2 fully saturated rings. The van der Waals surface area contributed by atoms with E-state index in [1.165, 1.54) is 32.5 Å². The summed E-state index contributed by atoms with van der Waals surface area (Å²) in [6.07, 6.45) is 5.14. The van der Waals surface area contributed by atoms with E-state index in [2.05, 4.69) is 37.2 Å². The smallest absolute Gasteiger partial charge is 0.0244 e. The van der Waals surface area contributed by atoms with Crippen molar-refractivity contribution in [3.8, 4) is 0 Å². The van der Waals surface area contributed by atoms with Crippen LogP contribution in [0.3, 0.4) is 0 Å². The molecule has 17 heavy (non-hydrogen) atoms. The first-order valence-electron chi connectivity index (χ1n) is 7.12. The second kappa shape index (κ2) is 5.94. The van der Waals surface area contributed by atoms with E-state index in [1.807, 2.05) is 11.8 Å². The van der Waals surface area contributed by atoms with Crippen molar-refractivity contribution in [2.45, 2.75) is 50.9 Å². The van der Waals surface area contributed by atoms with Gasteiger partial charge in [-0.2, -0.15) is 11.8 Å². The van der Waals surface area contributed by atoms with Crippen LogP contribution in [0.4, 0.5) is 0 Å². The zero-order valence-electron chi connectivity index (χ0n) is 11.8. The molecule has 0 radical (unpaired) electrons. The van der Waals surface area contributed by atoms with Crippen LogP contribution in [0.15, 0.2) is 0 Å². The van der Waals surface area contributed by atoms with Gasteiger partial charge in [0.05, 0.1) is 0 Å². The second-order valence-corrected chi connectivity index (χ2v) is 7.44. The maximum absolute atomic E-state index is 3.79. The van der Waals surface area contributed by atoms with Gasteiger partial charge in [0.15, 0.2) is 0 Å². The van der Waals surface area contributed by atoms with Gasteiger partial charge in [0.2, 0.25) is 0 Å². The van der Waals surface area contributed by atoms with Gasteiger partial charge in [0.25, 0.3) is 0 Å². The lowest BCUT2D eigenvalue weighted by Gasteiger charge is -2.43. The van der Waals surface area contributed by atoms with Crippen LogP contribution in [0, 0.1) is 11.8 Å². The van der Waals surface area contributed by atoms with Crippen LogP contribution in [0.25, 0.3) is 0 Å². The van der Waals surface area contributed by atoms with Gasteiger partial charge in [-0.1, -0.05) is 20.8 Å². The van der Waals surface area contributed by atoms with Gasteiger partial charge in [0.1, 0.15) is 0 Å². The van der Waals surface area contributed by atoms with Crippen molar-refractivity contribution in [2.24, 2.45) is 11.8 Å². The Labute approximate surface area is 111 Å². The molecule has 3 unspecified atom stereocenters. The van der Waals surface area contributed by atoms with Gasteiger partial charge < -0.3 is 5.32 Å². The third kappa shape index (κ3) is 3.62. The minimum atomic E-state index is 0.736. The van der Waals surface area contributed by atoms with Crippen LogP contribution in [0.5, 0.6) is 0 Å². The normalized spacial score (nSPS) is 33.0. The fourth-order valence-corrected chi connectivity index (χ4v) is 3.28. The third-order valence-electron chi connectivity index (χ3n) is 4.34. The number of hydrogen-bond donors (Lipinski definition) is 1. The molecule has 2 aliphatic rings. The van der Waals surface area contributed by atoms with Crippen molar-refractivity contribution in [2.75, 3.05) is 25.9 Å². The lowest BCUT2D eigenvalue weighted by molar-refractivity contribution is 0.0939. The summed E-state index contributed by atoms with van der Waals surface area (Å²) in [5, 5.41) is 4.54. The Morgan fingerprint density at radius 1 is 1.29 bits per heavy atom. The topological polar surface area (TPSA) is 15.3 Å². The van der Waals surface area contributed by atoms with Gasteiger partial charge in [-0.25, -0.2) is 0 Å². The highest BCUT2D eigenvalue weighted by molar-refractivity contribution is 7.99. The quantitative estimate of drug-likeness (QED) is 0.813. The Morgan fingerprint density at radius 2 is 2.00 bits per heavy atom. The molecule has 2 rings (SSSR count). The molecule has 1 saturated carbocycles. The Kier molecular flexibility index (Phi) is 4.79. The molecule has 0 aromatic heterocycles. The van der Waals surface area contributed by atoms with E-state index >= 15 is 0 Å². The molecule has 0 aromatic carbocycles. The molecule has 1 N–H and O–H groups in total. The van der Waals surface area contributed by atoms with E-state index in [9.17, 15) is 0 Å². The molecule has 3 heteroatoms. The Bertz CT molecular complexity index is 240. The van der Waals surface area contributed by atoms with E-state index in [0.717, 1.165) is 29.2 Å². The highest BCUT2D eigenvalue weighted by atomic mass is 32.2. The minimum Gasteiger partial charge on any atom is -0.311 e. The molecule has 0 bridgehead atoms. The summed E-state index contributed by atoms with van der Waals surface area (Å²) in [4.78, 5) is 2.76. The van der Waals surface area contributed by atoms with Crippen molar-refractivity contribution in [3.63, 3.8) is 0 Å². The Hall–Kier alpha value is 0.270. The number of thioether (sulfide) groups is 1. The zero-order chi connectivity index (χ0) is 12.4. The lowest BCUT2D eigenvalue weighted by atomic mass is 9.97. The summed E-state index contributed by atoms with van der Waals surface area (Å²) in [7, 11) is 0. The van der Waals surface area contributed by atoms with Crippen LogP contribution in [0.1, 0.15) is 33.6 Å². The highest BCUT2D eigenvalue weighted by Crippen LogP contribution is 2.35. The zero-order valence-corrected chi connectivity index (χ0v) is 12.6. The number of piperazine rings is 1. The summed E-state index contributed by atoms with van der Waals surface area (Å²) in [5.41, 5.74) is 0. The first-order valence-corrected chi connectivity index (χ1v) is 8.40. The van der Waals surface area contributed by atoms with Gasteiger partial charge in [-0.15, -0.1) is 0 Å². The maximum atomic E-state index is 3.79. The predicted molar refractivity (Wildman–Crippen MR) is 77.7 cm³/mol. The standard InChI is InChI=1S/C14H28N2S/c1-10(2)14-7-15-13(12-5-6-12)9-16(14)8-11(3)17-4/h10-15H,5-9H2,1-4H3. The van der Waals surface area contributed by atoms with Crippen LogP contribution < -0.4 is 5.32 Å². The van der Waals surface area contributed by atoms with Crippen molar-refractivity contribution < 1.29 is 0 Å². The molecule has 1 heterocycles. The molecule has 0 spiro atoms. The SMILES string of the molecule is CSC(C)CN1CC(C2CC2)NCC1C(C)C. The van der Waals surface area contributed by atoms with E-state index in [4.69, 9.17) is 0 Å². The lowest BCUT2D eigenvalue weighted by Crippen LogP contribution is -2.59. The van der Waals surface area contributed by atoms with Crippen LogP contribution in [-0.4, -0.2) is 48.1 Å². The van der Waals surface area contributed by atoms with Gasteiger partial charge in [0, 0.05) is 37.0 Å². The maximum Gasteiger partial charge on any atom is 0.0244 e. The van der Waals surface area contributed by atoms with Crippen molar-refractivity contribution in [1.29, 1.82) is 0 Å². The third-order valence-corrected chi connectivity index (χ3v) is 5.30. The first-order chi connectivity index (χ1) is 8.11. The van der Waals surface area contributed by atoms with Crippen molar-refractivity contribution >= 4 is 11.8 Å².